The van der Waals surface area contributed by atoms with E-state index in [1.54, 1.807) is 0 Å². The Bertz CT molecular complexity index is 252. The second-order valence-corrected chi connectivity index (χ2v) is 3.58. The van der Waals surface area contributed by atoms with Crippen molar-refractivity contribution in [1.29, 1.82) is 0 Å². The molecule has 0 saturated carbocycles. The van der Waals surface area contributed by atoms with E-state index in [0.29, 0.717) is 0 Å². The Morgan fingerprint density at radius 1 is 0.471 bits per heavy atom. The first-order valence-electron chi connectivity index (χ1n) is 3.89. The average Bonchev–Trinajstić information content (AvgIpc) is 1.98. The lowest BCUT2D eigenvalue weighted by Crippen LogP contribution is -2.66. The predicted octanol–water partition coefficient (Wildman–Crippen LogP) is 4.20. The molecule has 0 fully saturated rings. The molecule has 0 rings (SSSR count). The van der Waals surface area contributed by atoms with Crippen molar-refractivity contribution in [2.45, 2.75) is 43.5 Å². The highest BCUT2D eigenvalue weighted by atomic mass is 19.4. The Morgan fingerprint density at radius 3 is 0.941 bits per heavy atom. The standard InChI is InChI=1S/C7H6F10/c1-3(8,4(2,9)6(12,13)14)5(10,11)7(15,16)17/h1-2H3. The minimum atomic E-state index is -6.64. The number of rotatable bonds is 2. The van der Waals surface area contributed by atoms with Gasteiger partial charge in [-0.05, 0) is 13.8 Å². The molecule has 0 aliphatic rings. The van der Waals surface area contributed by atoms with Gasteiger partial charge in [-0.15, -0.1) is 0 Å². The third kappa shape index (κ3) is 2.17. The summed E-state index contributed by atoms with van der Waals surface area (Å²) < 4.78 is 122. The molecule has 17 heavy (non-hydrogen) atoms. The fourth-order valence-corrected chi connectivity index (χ4v) is 0.827. The van der Waals surface area contributed by atoms with E-state index in [0.717, 1.165) is 0 Å². The number of hydrogen-bond donors (Lipinski definition) is 0. The molecule has 0 radical (unpaired) electrons. The largest absolute Gasteiger partial charge is 0.456 e. The van der Waals surface area contributed by atoms with E-state index in [9.17, 15) is 43.9 Å². The maximum absolute atomic E-state index is 13.1. The van der Waals surface area contributed by atoms with E-state index < -0.39 is 43.5 Å². The highest BCUT2D eigenvalue weighted by molar-refractivity contribution is 5.10. The van der Waals surface area contributed by atoms with Crippen LogP contribution in [0.1, 0.15) is 13.8 Å². The molecule has 0 nitrogen and oxygen atoms in total. The van der Waals surface area contributed by atoms with Gasteiger partial charge in [0.2, 0.25) is 11.3 Å². The lowest BCUT2D eigenvalue weighted by Gasteiger charge is -2.40. The van der Waals surface area contributed by atoms with E-state index in [1.165, 1.54) is 0 Å². The van der Waals surface area contributed by atoms with Gasteiger partial charge >= 0.3 is 18.3 Å². The van der Waals surface area contributed by atoms with Crippen LogP contribution in [0.15, 0.2) is 0 Å². The fourth-order valence-electron chi connectivity index (χ4n) is 0.827. The normalized spacial score (nSPS) is 21.9. The molecule has 2 unspecified atom stereocenters. The molecule has 0 aliphatic carbocycles. The molecule has 0 heterocycles. The van der Waals surface area contributed by atoms with Gasteiger partial charge in [0.15, 0.2) is 0 Å². The number of alkyl halides is 10. The molecule has 0 aromatic rings. The van der Waals surface area contributed by atoms with Gasteiger partial charge in [0.25, 0.3) is 0 Å². The number of hydrogen-bond acceptors (Lipinski definition) is 0. The van der Waals surface area contributed by atoms with E-state index in [1.807, 2.05) is 0 Å². The predicted molar refractivity (Wildman–Crippen MR) is 36.1 cm³/mol. The Hall–Kier alpha value is -0.700. The molecule has 104 valence electrons. The number of halogens is 10. The fraction of sp³-hybridized carbons (Fsp3) is 1.00. The Labute approximate surface area is 88.6 Å². The zero-order valence-corrected chi connectivity index (χ0v) is 8.28. The SMILES string of the molecule is CC(F)(C(F)(F)F)C(C)(F)C(F)(F)C(F)(F)F. The van der Waals surface area contributed by atoms with Gasteiger partial charge in [-0.2, -0.15) is 35.1 Å². The molecule has 2 atom stereocenters. The van der Waals surface area contributed by atoms with Crippen molar-refractivity contribution < 1.29 is 43.9 Å². The average molecular weight is 280 g/mol. The highest BCUT2D eigenvalue weighted by Gasteiger charge is 2.80. The van der Waals surface area contributed by atoms with Crippen LogP contribution in [0.2, 0.25) is 0 Å². The third-order valence-corrected chi connectivity index (χ3v) is 2.36. The molecule has 0 aliphatic heterocycles. The highest BCUT2D eigenvalue weighted by Crippen LogP contribution is 2.55. The molecule has 10 heteroatoms. The van der Waals surface area contributed by atoms with Crippen LogP contribution in [-0.4, -0.2) is 29.6 Å². The molecule has 0 bridgehead atoms. The molecule has 0 amide bonds. The van der Waals surface area contributed by atoms with Crippen molar-refractivity contribution in [3.8, 4) is 0 Å². The smallest absolute Gasteiger partial charge is 0.233 e. The second kappa shape index (κ2) is 3.64. The van der Waals surface area contributed by atoms with E-state index in [4.69, 9.17) is 0 Å². The molecule has 0 spiro atoms. The molecule has 0 saturated heterocycles. The van der Waals surface area contributed by atoms with Crippen LogP contribution in [-0.2, 0) is 0 Å². The first-order valence-corrected chi connectivity index (χ1v) is 3.89. The summed E-state index contributed by atoms with van der Waals surface area (Å²) in [5.74, 6) is -6.49. The summed E-state index contributed by atoms with van der Waals surface area (Å²) in [5, 5.41) is 0. The second-order valence-electron chi connectivity index (χ2n) is 3.58. The summed E-state index contributed by atoms with van der Waals surface area (Å²) in [5.41, 5.74) is -10.9. The van der Waals surface area contributed by atoms with Gasteiger partial charge in [0.05, 0.1) is 0 Å². The van der Waals surface area contributed by atoms with Gasteiger partial charge in [-0.1, -0.05) is 0 Å². The Balaban J connectivity index is 5.73. The van der Waals surface area contributed by atoms with Crippen molar-refractivity contribution in [2.75, 3.05) is 0 Å². The zero-order chi connectivity index (χ0) is 14.5. The maximum Gasteiger partial charge on any atom is 0.456 e. The lowest BCUT2D eigenvalue weighted by atomic mass is 9.82. The Kier molecular flexibility index (Phi) is 3.49. The van der Waals surface area contributed by atoms with Crippen LogP contribution in [0, 0.1) is 0 Å². The van der Waals surface area contributed by atoms with E-state index >= 15 is 0 Å². The van der Waals surface area contributed by atoms with Crippen LogP contribution < -0.4 is 0 Å². The lowest BCUT2D eigenvalue weighted by molar-refractivity contribution is -0.371. The summed E-state index contributed by atoms with van der Waals surface area (Å²) in [7, 11) is 0. The first kappa shape index (κ1) is 16.3. The summed E-state index contributed by atoms with van der Waals surface area (Å²) >= 11 is 0. The van der Waals surface area contributed by atoms with Crippen LogP contribution in [0.25, 0.3) is 0 Å². The van der Waals surface area contributed by atoms with Crippen molar-refractivity contribution in [1.82, 2.24) is 0 Å². The molecular weight excluding hydrogens is 274 g/mol. The summed E-state index contributed by atoms with van der Waals surface area (Å²) in [4.78, 5) is 0. The third-order valence-electron chi connectivity index (χ3n) is 2.36. The summed E-state index contributed by atoms with van der Waals surface area (Å²) in [6.45, 7) is -1.50. The van der Waals surface area contributed by atoms with Gasteiger partial charge in [-0.3, -0.25) is 0 Å². The minimum absolute atomic E-state index is 0.716. The first-order chi connectivity index (χ1) is 7.00. The quantitative estimate of drug-likeness (QED) is 0.665. The maximum atomic E-state index is 13.1. The van der Waals surface area contributed by atoms with Gasteiger partial charge in [-0.25, -0.2) is 8.78 Å². The van der Waals surface area contributed by atoms with Gasteiger partial charge in [0, 0.05) is 0 Å². The van der Waals surface area contributed by atoms with Crippen molar-refractivity contribution in [3.05, 3.63) is 0 Å². The van der Waals surface area contributed by atoms with Gasteiger partial charge < -0.3 is 0 Å². The van der Waals surface area contributed by atoms with E-state index in [-0.39, 0.29) is 0 Å². The molecule has 0 aromatic heterocycles. The van der Waals surface area contributed by atoms with Crippen molar-refractivity contribution in [3.63, 3.8) is 0 Å². The van der Waals surface area contributed by atoms with Crippen LogP contribution in [0.3, 0.4) is 0 Å². The Morgan fingerprint density at radius 2 is 0.765 bits per heavy atom. The molecular formula is C7H6F10. The minimum Gasteiger partial charge on any atom is -0.233 e. The summed E-state index contributed by atoms with van der Waals surface area (Å²) in [6.07, 6.45) is -12.9. The summed E-state index contributed by atoms with van der Waals surface area (Å²) in [6, 6.07) is 0. The van der Waals surface area contributed by atoms with Crippen molar-refractivity contribution in [2.24, 2.45) is 0 Å². The zero-order valence-electron chi connectivity index (χ0n) is 8.28. The van der Waals surface area contributed by atoms with E-state index in [2.05, 4.69) is 0 Å². The van der Waals surface area contributed by atoms with Crippen LogP contribution >= 0.6 is 0 Å². The van der Waals surface area contributed by atoms with Crippen LogP contribution in [0.5, 0.6) is 0 Å². The topological polar surface area (TPSA) is 0 Å². The van der Waals surface area contributed by atoms with Crippen molar-refractivity contribution >= 4 is 0 Å². The molecule has 0 N–H and O–H groups in total. The van der Waals surface area contributed by atoms with Gasteiger partial charge in [0.1, 0.15) is 0 Å². The monoisotopic (exact) mass is 280 g/mol. The molecule has 0 aromatic carbocycles. The van der Waals surface area contributed by atoms with Crippen LogP contribution in [0.4, 0.5) is 43.9 Å².